The van der Waals surface area contributed by atoms with Crippen LogP contribution in [-0.4, -0.2) is 62.2 Å². The second kappa shape index (κ2) is 10.8. The maximum Gasteiger partial charge on any atom is 0.248 e. The molecule has 1 heterocycles. The maximum atomic E-state index is 12.9. The number of hydrogen-bond acceptors (Lipinski definition) is 5. The molecule has 4 rings (SSSR count). The minimum absolute atomic E-state index is 0.115. The van der Waals surface area contributed by atoms with Crippen LogP contribution in [0.5, 0.6) is 0 Å². The van der Waals surface area contributed by atoms with Crippen LogP contribution in [0.25, 0.3) is 0 Å². The van der Waals surface area contributed by atoms with Gasteiger partial charge in [0.25, 0.3) is 0 Å². The summed E-state index contributed by atoms with van der Waals surface area (Å²) >= 11 is 0. The lowest BCUT2D eigenvalue weighted by atomic mass is 10.0. The minimum atomic E-state index is -3.69. The van der Waals surface area contributed by atoms with Gasteiger partial charge in [-0.05, 0) is 47.9 Å². The van der Waals surface area contributed by atoms with E-state index in [-0.39, 0.29) is 36.0 Å². The van der Waals surface area contributed by atoms with Gasteiger partial charge in [0.15, 0.2) is 0 Å². The van der Waals surface area contributed by atoms with Gasteiger partial charge < -0.3 is 11.1 Å². The molecule has 1 fully saturated rings. The third kappa shape index (κ3) is 6.13. The lowest BCUT2D eigenvalue weighted by molar-refractivity contribution is -0.117. The van der Waals surface area contributed by atoms with E-state index < -0.39 is 15.9 Å². The van der Waals surface area contributed by atoms with Crippen molar-refractivity contribution in [3.63, 3.8) is 0 Å². The van der Waals surface area contributed by atoms with Crippen molar-refractivity contribution in [2.24, 2.45) is 5.73 Å². The van der Waals surface area contributed by atoms with Crippen molar-refractivity contribution in [1.29, 1.82) is 0 Å². The number of sulfonamides is 1. The summed E-state index contributed by atoms with van der Waals surface area (Å²) in [6.45, 7) is 1.62. The number of carbonyl (C=O) groups excluding carboxylic acids is 2. The van der Waals surface area contributed by atoms with Crippen LogP contribution in [0.1, 0.15) is 21.5 Å². The first-order chi connectivity index (χ1) is 16.8. The zero-order valence-electron chi connectivity index (χ0n) is 19.3. The van der Waals surface area contributed by atoms with E-state index in [2.05, 4.69) is 17.4 Å². The first-order valence-corrected chi connectivity index (χ1v) is 12.8. The molecule has 3 aromatic carbocycles. The van der Waals surface area contributed by atoms with Crippen LogP contribution in [0.2, 0.25) is 0 Å². The summed E-state index contributed by atoms with van der Waals surface area (Å²) in [5.41, 5.74) is 8.45. The van der Waals surface area contributed by atoms with Gasteiger partial charge in [0.05, 0.1) is 11.4 Å². The maximum absolute atomic E-state index is 12.9. The number of para-hydroxylation sites is 1. The highest BCUT2D eigenvalue weighted by atomic mass is 32.2. The first-order valence-electron chi connectivity index (χ1n) is 11.4. The molecule has 1 aliphatic rings. The fourth-order valence-electron chi connectivity index (χ4n) is 4.07. The topological polar surface area (TPSA) is 113 Å². The van der Waals surface area contributed by atoms with Gasteiger partial charge in [0.1, 0.15) is 0 Å². The highest BCUT2D eigenvalue weighted by Gasteiger charge is 2.29. The molecule has 0 radical (unpaired) electrons. The van der Waals surface area contributed by atoms with Crippen molar-refractivity contribution in [1.82, 2.24) is 9.21 Å². The van der Waals surface area contributed by atoms with E-state index in [9.17, 15) is 18.0 Å². The molecule has 3 aromatic rings. The van der Waals surface area contributed by atoms with Crippen molar-refractivity contribution in [3.8, 4) is 0 Å². The van der Waals surface area contributed by atoms with Crippen LogP contribution < -0.4 is 11.1 Å². The second-order valence-corrected chi connectivity index (χ2v) is 10.4. The molecule has 182 valence electrons. The van der Waals surface area contributed by atoms with Crippen LogP contribution in [0, 0.1) is 0 Å². The Morgan fingerprint density at radius 2 is 1.46 bits per heavy atom. The van der Waals surface area contributed by atoms with E-state index in [0.29, 0.717) is 19.5 Å². The number of anilines is 1. The van der Waals surface area contributed by atoms with Crippen molar-refractivity contribution in [3.05, 3.63) is 95.6 Å². The summed E-state index contributed by atoms with van der Waals surface area (Å²) in [4.78, 5) is 26.0. The molecule has 1 saturated heterocycles. The number of benzene rings is 3. The molecule has 35 heavy (non-hydrogen) atoms. The average molecular weight is 493 g/mol. The molecular weight excluding hydrogens is 464 g/mol. The lowest BCUT2D eigenvalue weighted by Gasteiger charge is -2.33. The standard InChI is InChI=1S/C26H28N4O4S/c27-26(32)21-10-12-23(13-11-21)35(33,34)30-16-14-29(15-17-30)19-25(31)28-24-9-5-4-8-22(24)18-20-6-2-1-3-7-20/h1-13H,14-19H2,(H2,27,32)(H,28,31). The molecule has 2 amide bonds. The highest BCUT2D eigenvalue weighted by Crippen LogP contribution is 2.20. The molecule has 0 saturated carbocycles. The van der Waals surface area contributed by atoms with E-state index in [1.165, 1.54) is 28.6 Å². The Labute approximate surface area is 205 Å². The van der Waals surface area contributed by atoms with Gasteiger partial charge in [0.2, 0.25) is 21.8 Å². The van der Waals surface area contributed by atoms with Gasteiger partial charge in [-0.2, -0.15) is 4.31 Å². The quantitative estimate of drug-likeness (QED) is 0.501. The van der Waals surface area contributed by atoms with Gasteiger partial charge >= 0.3 is 0 Å². The number of nitrogens with one attached hydrogen (secondary N) is 1. The van der Waals surface area contributed by atoms with Crippen molar-refractivity contribution in [2.75, 3.05) is 38.0 Å². The Morgan fingerprint density at radius 1 is 0.829 bits per heavy atom. The highest BCUT2D eigenvalue weighted by molar-refractivity contribution is 7.89. The SMILES string of the molecule is NC(=O)c1ccc(S(=O)(=O)N2CCN(CC(=O)Nc3ccccc3Cc3ccccc3)CC2)cc1. The van der Waals surface area contributed by atoms with Gasteiger partial charge in [-0.25, -0.2) is 8.42 Å². The summed E-state index contributed by atoms with van der Waals surface area (Å²) in [7, 11) is -3.69. The summed E-state index contributed by atoms with van der Waals surface area (Å²) in [6, 6.07) is 23.4. The Hall–Kier alpha value is -3.53. The van der Waals surface area contributed by atoms with Crippen LogP contribution in [0.4, 0.5) is 5.69 Å². The van der Waals surface area contributed by atoms with Crippen molar-refractivity contribution >= 4 is 27.5 Å². The summed E-state index contributed by atoms with van der Waals surface area (Å²) in [5, 5.41) is 3.01. The van der Waals surface area contributed by atoms with Gasteiger partial charge in [0, 0.05) is 37.4 Å². The average Bonchev–Trinajstić information content (AvgIpc) is 2.86. The number of hydrogen-bond donors (Lipinski definition) is 2. The fourth-order valence-corrected chi connectivity index (χ4v) is 5.50. The van der Waals surface area contributed by atoms with Gasteiger partial charge in [-0.3, -0.25) is 14.5 Å². The van der Waals surface area contributed by atoms with E-state index in [4.69, 9.17) is 5.73 Å². The number of primary amides is 1. The van der Waals surface area contributed by atoms with Crippen LogP contribution in [0.3, 0.4) is 0 Å². The summed E-state index contributed by atoms with van der Waals surface area (Å²) in [5.74, 6) is -0.743. The van der Waals surface area contributed by atoms with Crippen LogP contribution >= 0.6 is 0 Å². The largest absolute Gasteiger partial charge is 0.366 e. The predicted molar refractivity (Wildman–Crippen MR) is 134 cm³/mol. The predicted octanol–water partition coefficient (Wildman–Crippen LogP) is 2.32. The lowest BCUT2D eigenvalue weighted by Crippen LogP contribution is -2.50. The number of carbonyl (C=O) groups is 2. The Bertz CT molecular complexity index is 1290. The third-order valence-electron chi connectivity index (χ3n) is 6.00. The van der Waals surface area contributed by atoms with Gasteiger partial charge in [-0.1, -0.05) is 48.5 Å². The Morgan fingerprint density at radius 3 is 2.11 bits per heavy atom. The molecule has 0 unspecified atom stereocenters. The third-order valence-corrected chi connectivity index (χ3v) is 7.92. The number of amides is 2. The molecule has 0 spiro atoms. The van der Waals surface area contributed by atoms with Crippen molar-refractivity contribution < 1.29 is 18.0 Å². The van der Waals surface area contributed by atoms with E-state index in [1.807, 2.05) is 47.4 Å². The van der Waals surface area contributed by atoms with Gasteiger partial charge in [-0.15, -0.1) is 0 Å². The number of nitrogens with two attached hydrogens (primary N) is 1. The molecule has 3 N–H and O–H groups in total. The Kier molecular flexibility index (Phi) is 7.60. The zero-order chi connectivity index (χ0) is 24.8. The Balaban J connectivity index is 1.32. The fraction of sp³-hybridized carbons (Fsp3) is 0.231. The molecule has 0 atom stereocenters. The normalized spacial score (nSPS) is 15.0. The van der Waals surface area contributed by atoms with Crippen molar-refractivity contribution in [2.45, 2.75) is 11.3 Å². The monoisotopic (exact) mass is 492 g/mol. The molecule has 8 nitrogen and oxygen atoms in total. The van der Waals surface area contributed by atoms with Crippen LogP contribution in [0.15, 0.2) is 83.8 Å². The number of piperazine rings is 1. The molecule has 1 aliphatic heterocycles. The van der Waals surface area contributed by atoms with Crippen LogP contribution in [-0.2, 0) is 21.2 Å². The molecule has 0 aromatic heterocycles. The number of nitrogens with zero attached hydrogens (tertiary/aromatic N) is 2. The molecular formula is C26H28N4O4S. The molecule has 9 heteroatoms. The first kappa shape index (κ1) is 24.6. The van der Waals surface area contributed by atoms with E-state index in [0.717, 1.165) is 16.8 Å². The molecule has 0 bridgehead atoms. The smallest absolute Gasteiger partial charge is 0.248 e. The van der Waals surface area contributed by atoms with E-state index >= 15 is 0 Å². The summed E-state index contributed by atoms with van der Waals surface area (Å²) < 4.78 is 27.3. The second-order valence-electron chi connectivity index (χ2n) is 8.44. The van der Waals surface area contributed by atoms with E-state index in [1.54, 1.807) is 0 Å². The molecule has 0 aliphatic carbocycles. The number of rotatable bonds is 8. The zero-order valence-corrected chi connectivity index (χ0v) is 20.1. The minimum Gasteiger partial charge on any atom is -0.366 e. The summed E-state index contributed by atoms with van der Waals surface area (Å²) in [6.07, 6.45) is 0.717.